The molecule has 0 bridgehead atoms. The van der Waals surface area contributed by atoms with Crippen molar-refractivity contribution in [1.82, 2.24) is 15.1 Å². The third-order valence-corrected chi connectivity index (χ3v) is 3.84. The fourth-order valence-electron chi connectivity index (χ4n) is 1.91. The Morgan fingerprint density at radius 1 is 1.14 bits per heavy atom. The maximum atomic E-state index is 5.67. The molecule has 0 spiro atoms. The molecule has 0 aliphatic rings. The Labute approximate surface area is 139 Å². The second-order valence-corrected chi connectivity index (χ2v) is 5.23. The van der Waals surface area contributed by atoms with E-state index in [4.69, 9.17) is 17.0 Å². The van der Waals surface area contributed by atoms with Gasteiger partial charge in [-0.25, -0.2) is 0 Å². The predicted octanol–water partition coefficient (Wildman–Crippen LogP) is 1.39. The number of nitrogens with zero attached hydrogens (tertiary/aromatic N) is 2. The second kappa shape index (κ2) is 12.2. The van der Waals surface area contributed by atoms with Gasteiger partial charge in [-0.3, -0.25) is 0 Å². The zero-order valence-corrected chi connectivity index (χ0v) is 14.7. The number of thiocarbonyl (C=S) groups is 1. The van der Waals surface area contributed by atoms with Gasteiger partial charge in [0.05, 0.1) is 6.54 Å². The Hall–Kier alpha value is -1.37. The van der Waals surface area contributed by atoms with E-state index in [-0.39, 0.29) is 5.48 Å². The van der Waals surface area contributed by atoms with Gasteiger partial charge in [-0.2, -0.15) is 0 Å². The number of benzene rings is 1. The van der Waals surface area contributed by atoms with Gasteiger partial charge in [0.1, 0.15) is 12.4 Å². The molecule has 126 valence electrons. The van der Waals surface area contributed by atoms with Crippen molar-refractivity contribution in [2.45, 2.75) is 13.8 Å². The van der Waals surface area contributed by atoms with Crippen molar-refractivity contribution in [3.05, 3.63) is 30.3 Å². The Bertz CT molecular complexity index is 400. The molecule has 0 radical (unpaired) electrons. The highest BCUT2D eigenvalue weighted by Gasteiger charge is 2.05. The molecule has 0 aliphatic heterocycles. The topological polar surface area (TPSA) is 59.2 Å². The van der Waals surface area contributed by atoms with Crippen LogP contribution in [-0.4, -0.2) is 66.8 Å². The molecular weight excluding hydrogens is 298 g/mol. The summed E-state index contributed by atoms with van der Waals surface area (Å²) in [5.41, 5.74) is 0. The van der Waals surface area contributed by atoms with Crippen LogP contribution in [0.15, 0.2) is 30.3 Å². The van der Waals surface area contributed by atoms with E-state index in [1.165, 1.54) is 0 Å². The molecule has 1 aromatic rings. The normalized spacial score (nSPS) is 10.0. The third-order valence-electron chi connectivity index (χ3n) is 3.38. The lowest BCUT2D eigenvalue weighted by Crippen LogP contribution is -2.42. The summed E-state index contributed by atoms with van der Waals surface area (Å²) in [7, 11) is 1.99. The summed E-state index contributed by atoms with van der Waals surface area (Å²) in [5, 5.41) is 4.07. The molecule has 0 aliphatic carbocycles. The van der Waals surface area contributed by atoms with Crippen molar-refractivity contribution in [3.63, 3.8) is 0 Å². The Balaban J connectivity index is 0.00000441. The fraction of sp³-hybridized carbons (Fsp3) is 0.562. The Morgan fingerprint density at radius 2 is 1.77 bits per heavy atom. The van der Waals surface area contributed by atoms with E-state index >= 15 is 0 Å². The molecule has 0 aromatic heterocycles. The van der Waals surface area contributed by atoms with Crippen molar-refractivity contribution in [2.24, 2.45) is 0 Å². The molecule has 0 heterocycles. The van der Waals surface area contributed by atoms with Crippen molar-refractivity contribution in [3.8, 4) is 5.75 Å². The highest BCUT2D eigenvalue weighted by molar-refractivity contribution is 7.80. The highest BCUT2D eigenvalue weighted by Crippen LogP contribution is 2.07. The van der Waals surface area contributed by atoms with Crippen LogP contribution in [0, 0.1) is 0 Å². The van der Waals surface area contributed by atoms with Crippen molar-refractivity contribution in [1.29, 1.82) is 0 Å². The minimum atomic E-state index is 0. The number of rotatable bonds is 9. The van der Waals surface area contributed by atoms with Crippen molar-refractivity contribution >= 4 is 17.3 Å². The van der Waals surface area contributed by atoms with E-state index in [9.17, 15) is 0 Å². The predicted molar refractivity (Wildman–Crippen MR) is 96.6 cm³/mol. The first-order valence-corrected chi connectivity index (χ1v) is 7.97. The van der Waals surface area contributed by atoms with Crippen LogP contribution in [-0.2, 0) is 0 Å². The summed E-state index contributed by atoms with van der Waals surface area (Å²) in [4.78, 5) is 4.38. The van der Waals surface area contributed by atoms with Gasteiger partial charge in [0.25, 0.3) is 0 Å². The summed E-state index contributed by atoms with van der Waals surface area (Å²) in [5.74, 6) is 0.895. The van der Waals surface area contributed by atoms with Crippen molar-refractivity contribution < 1.29 is 10.2 Å². The highest BCUT2D eigenvalue weighted by atomic mass is 32.1. The Kier molecular flexibility index (Phi) is 11.4. The molecular formula is C16H29N3O2S. The van der Waals surface area contributed by atoms with Crippen LogP contribution in [0.5, 0.6) is 5.75 Å². The molecule has 1 aromatic carbocycles. The molecule has 22 heavy (non-hydrogen) atoms. The van der Waals surface area contributed by atoms with E-state index in [0.29, 0.717) is 6.61 Å². The van der Waals surface area contributed by atoms with Gasteiger partial charge in [0.2, 0.25) is 0 Å². The Morgan fingerprint density at radius 3 is 2.36 bits per heavy atom. The third kappa shape index (κ3) is 8.17. The van der Waals surface area contributed by atoms with Gasteiger partial charge in [-0.15, -0.1) is 0 Å². The zero-order valence-electron chi connectivity index (χ0n) is 13.8. The molecule has 0 saturated carbocycles. The fourth-order valence-corrected chi connectivity index (χ4v) is 2.11. The summed E-state index contributed by atoms with van der Waals surface area (Å²) in [6.45, 7) is 9.79. The molecule has 0 saturated heterocycles. The first kappa shape index (κ1) is 20.6. The number of hydrogen-bond donors (Lipinski definition) is 1. The summed E-state index contributed by atoms with van der Waals surface area (Å²) < 4.78 is 5.67. The molecule has 3 N–H and O–H groups in total. The summed E-state index contributed by atoms with van der Waals surface area (Å²) in [6, 6.07) is 9.84. The smallest absolute Gasteiger partial charge is 0.168 e. The van der Waals surface area contributed by atoms with E-state index < -0.39 is 0 Å². The van der Waals surface area contributed by atoms with Crippen LogP contribution >= 0.6 is 12.2 Å². The molecule has 1 rings (SSSR count). The first-order valence-electron chi connectivity index (χ1n) is 7.56. The zero-order chi connectivity index (χ0) is 15.5. The van der Waals surface area contributed by atoms with Crippen molar-refractivity contribution in [2.75, 3.05) is 46.4 Å². The van der Waals surface area contributed by atoms with Crippen LogP contribution in [0.3, 0.4) is 0 Å². The van der Waals surface area contributed by atoms with Crippen LogP contribution in [0.1, 0.15) is 13.8 Å². The number of para-hydroxylation sites is 1. The lowest BCUT2D eigenvalue weighted by atomic mass is 10.3. The van der Waals surface area contributed by atoms with E-state index in [0.717, 1.165) is 43.6 Å². The standard InChI is InChI=1S/C16H27N3OS.H2O/c1-4-19(5-2)12-11-17-16(21)18(3)13-14-20-15-9-7-6-8-10-15;/h6-10H,4-5,11-14H2,1-3H3,(H,17,21);1H2. The molecule has 0 unspecified atom stereocenters. The maximum absolute atomic E-state index is 5.67. The number of likely N-dealkylation sites (N-methyl/N-ethyl adjacent to an activating group) is 2. The van der Waals surface area contributed by atoms with Gasteiger partial charge in [-0.1, -0.05) is 32.0 Å². The molecule has 0 atom stereocenters. The van der Waals surface area contributed by atoms with Gasteiger partial charge in [0.15, 0.2) is 5.11 Å². The van der Waals surface area contributed by atoms with Crippen LogP contribution in [0.4, 0.5) is 0 Å². The SMILES string of the molecule is CCN(CC)CCNC(=S)N(C)CCOc1ccccc1.O. The van der Waals surface area contributed by atoms with Gasteiger partial charge in [-0.05, 0) is 37.4 Å². The van der Waals surface area contributed by atoms with Gasteiger partial charge < -0.3 is 25.3 Å². The average molecular weight is 327 g/mol. The maximum Gasteiger partial charge on any atom is 0.168 e. The molecule has 5 nitrogen and oxygen atoms in total. The van der Waals surface area contributed by atoms with Crippen LogP contribution < -0.4 is 10.1 Å². The first-order chi connectivity index (χ1) is 10.2. The van der Waals surface area contributed by atoms with E-state index in [1.807, 2.05) is 42.3 Å². The average Bonchev–Trinajstić information content (AvgIpc) is 2.52. The van der Waals surface area contributed by atoms with Gasteiger partial charge in [0, 0.05) is 20.1 Å². The van der Waals surface area contributed by atoms with Crippen LogP contribution in [0.25, 0.3) is 0 Å². The number of ether oxygens (including phenoxy) is 1. The molecule has 0 fully saturated rings. The monoisotopic (exact) mass is 327 g/mol. The van der Waals surface area contributed by atoms with Gasteiger partial charge >= 0.3 is 0 Å². The summed E-state index contributed by atoms with van der Waals surface area (Å²) >= 11 is 5.37. The van der Waals surface area contributed by atoms with Crippen LogP contribution in [0.2, 0.25) is 0 Å². The lowest BCUT2D eigenvalue weighted by Gasteiger charge is -2.23. The number of nitrogens with one attached hydrogen (secondary N) is 1. The number of hydrogen-bond acceptors (Lipinski definition) is 3. The molecule has 6 heteroatoms. The van der Waals surface area contributed by atoms with E-state index in [2.05, 4.69) is 24.1 Å². The second-order valence-electron chi connectivity index (χ2n) is 4.84. The minimum absolute atomic E-state index is 0. The molecule has 0 amide bonds. The largest absolute Gasteiger partial charge is 0.492 e. The van der Waals surface area contributed by atoms with E-state index in [1.54, 1.807) is 0 Å². The quantitative estimate of drug-likeness (QED) is 0.695. The minimum Gasteiger partial charge on any atom is -0.492 e. The summed E-state index contributed by atoms with van der Waals surface area (Å²) in [6.07, 6.45) is 0. The lowest BCUT2D eigenvalue weighted by molar-refractivity contribution is 0.281.